The van der Waals surface area contributed by atoms with Crippen molar-refractivity contribution >= 4 is 23.2 Å². The van der Waals surface area contributed by atoms with Crippen LogP contribution in [0, 0.1) is 18.8 Å². The number of rotatable bonds is 2. The van der Waals surface area contributed by atoms with E-state index in [-0.39, 0.29) is 29.6 Å². The van der Waals surface area contributed by atoms with Crippen LogP contribution >= 0.6 is 11.3 Å². The number of aryl methyl sites for hydroxylation is 1. The van der Waals surface area contributed by atoms with Crippen LogP contribution in [0.4, 0.5) is 0 Å². The Labute approximate surface area is 104 Å². The van der Waals surface area contributed by atoms with Gasteiger partial charge in [0, 0.05) is 23.4 Å². The second-order valence-corrected chi connectivity index (χ2v) is 5.71. The minimum absolute atomic E-state index is 0.0602. The summed E-state index contributed by atoms with van der Waals surface area (Å²) in [5, 5.41) is 5.29. The van der Waals surface area contributed by atoms with Crippen molar-refractivity contribution in [2.24, 2.45) is 11.8 Å². The zero-order valence-electron chi connectivity index (χ0n) is 10.2. The van der Waals surface area contributed by atoms with Gasteiger partial charge in [-0.15, -0.1) is 11.3 Å². The predicted octanol–water partition coefficient (Wildman–Crippen LogP) is 1.85. The Kier molecular flexibility index (Phi) is 3.28. The molecule has 1 saturated heterocycles. The quantitative estimate of drug-likeness (QED) is 0.817. The number of nitrogens with zero attached hydrogens (tertiary/aromatic N) is 1. The van der Waals surface area contributed by atoms with Crippen LogP contribution in [-0.2, 0) is 9.59 Å². The smallest absolute Gasteiger partial charge is 0.230 e. The van der Waals surface area contributed by atoms with Crippen molar-refractivity contribution in [3.05, 3.63) is 16.1 Å². The van der Waals surface area contributed by atoms with Crippen LogP contribution in [-0.4, -0.2) is 16.8 Å². The van der Waals surface area contributed by atoms with Gasteiger partial charge in [-0.2, -0.15) is 0 Å². The van der Waals surface area contributed by atoms with Crippen molar-refractivity contribution in [3.8, 4) is 0 Å². The van der Waals surface area contributed by atoms with Crippen LogP contribution in [0.1, 0.15) is 36.9 Å². The van der Waals surface area contributed by atoms with Gasteiger partial charge in [0.1, 0.15) is 0 Å². The Hall–Kier alpha value is -1.23. The summed E-state index contributed by atoms with van der Waals surface area (Å²) in [6.07, 6.45) is 0.363. The fourth-order valence-corrected chi connectivity index (χ4v) is 3.28. The number of hydrogen-bond donors (Lipinski definition) is 1. The van der Waals surface area contributed by atoms with E-state index >= 15 is 0 Å². The lowest BCUT2D eigenvalue weighted by Gasteiger charge is -2.31. The van der Waals surface area contributed by atoms with Crippen LogP contribution in [0.5, 0.6) is 0 Å². The van der Waals surface area contributed by atoms with Gasteiger partial charge < -0.3 is 0 Å². The van der Waals surface area contributed by atoms with Crippen molar-refractivity contribution in [1.29, 1.82) is 0 Å². The first-order chi connectivity index (χ1) is 7.99. The zero-order valence-corrected chi connectivity index (χ0v) is 11.0. The van der Waals surface area contributed by atoms with Gasteiger partial charge in [0.05, 0.1) is 10.9 Å². The van der Waals surface area contributed by atoms with E-state index in [1.807, 2.05) is 26.2 Å². The fourth-order valence-electron chi connectivity index (χ4n) is 2.33. The molecule has 2 amide bonds. The van der Waals surface area contributed by atoms with Gasteiger partial charge >= 0.3 is 0 Å². The molecular weight excluding hydrogens is 236 g/mol. The molecule has 4 nitrogen and oxygen atoms in total. The molecule has 0 spiro atoms. The van der Waals surface area contributed by atoms with Crippen molar-refractivity contribution in [2.75, 3.05) is 0 Å². The van der Waals surface area contributed by atoms with Gasteiger partial charge in [0.15, 0.2) is 0 Å². The molecule has 5 heteroatoms. The Balaban J connectivity index is 2.33. The first-order valence-corrected chi connectivity index (χ1v) is 6.62. The zero-order chi connectivity index (χ0) is 12.6. The standard InChI is InChI=1S/C12H16N2O2S/c1-6(2)10-8(4-9(15)14-11(10)16)12-13-7(3)5-17-12/h5-6,8,10H,4H2,1-3H3,(H,14,15,16). The molecule has 2 heterocycles. The van der Waals surface area contributed by atoms with Gasteiger partial charge in [-0.25, -0.2) is 4.98 Å². The summed E-state index contributed by atoms with van der Waals surface area (Å²) in [7, 11) is 0. The maximum Gasteiger partial charge on any atom is 0.230 e. The molecule has 2 rings (SSSR count). The molecular formula is C12H16N2O2S. The van der Waals surface area contributed by atoms with Crippen molar-refractivity contribution in [2.45, 2.75) is 33.1 Å². The molecule has 1 aromatic heterocycles. The SMILES string of the molecule is Cc1csc(C2CC(=O)NC(=O)C2C(C)C)n1. The van der Waals surface area contributed by atoms with E-state index in [1.54, 1.807) is 0 Å². The first-order valence-electron chi connectivity index (χ1n) is 5.74. The largest absolute Gasteiger partial charge is 0.296 e. The Morgan fingerprint density at radius 2 is 2.18 bits per heavy atom. The first kappa shape index (κ1) is 12.2. The van der Waals surface area contributed by atoms with Crippen LogP contribution in [0.25, 0.3) is 0 Å². The number of thiazole rings is 1. The summed E-state index contributed by atoms with van der Waals surface area (Å²) in [5.74, 6) is -0.357. The molecule has 1 aliphatic rings. The van der Waals surface area contributed by atoms with Gasteiger partial charge in [-0.3, -0.25) is 14.9 Å². The van der Waals surface area contributed by atoms with Crippen LogP contribution in [0.15, 0.2) is 5.38 Å². The lowest BCUT2D eigenvalue weighted by atomic mass is 9.78. The molecule has 2 unspecified atom stereocenters. The molecule has 0 aromatic carbocycles. The number of nitrogens with one attached hydrogen (secondary N) is 1. The number of carbonyl (C=O) groups excluding carboxylic acids is 2. The fraction of sp³-hybridized carbons (Fsp3) is 0.583. The third-order valence-corrected chi connectivity index (χ3v) is 4.17. The third-order valence-electron chi connectivity index (χ3n) is 3.08. The van der Waals surface area contributed by atoms with Gasteiger partial charge in [0.2, 0.25) is 11.8 Å². The average Bonchev–Trinajstić information content (AvgIpc) is 2.62. The maximum atomic E-state index is 11.9. The van der Waals surface area contributed by atoms with Crippen LogP contribution in [0.3, 0.4) is 0 Å². The summed E-state index contributed by atoms with van der Waals surface area (Å²) < 4.78 is 0. The average molecular weight is 252 g/mol. The number of hydrogen-bond acceptors (Lipinski definition) is 4. The van der Waals surface area contributed by atoms with E-state index in [0.717, 1.165) is 10.7 Å². The molecule has 1 aliphatic heterocycles. The van der Waals surface area contributed by atoms with Crippen molar-refractivity contribution in [1.82, 2.24) is 10.3 Å². The number of amides is 2. The number of piperidine rings is 1. The maximum absolute atomic E-state index is 11.9. The van der Waals surface area contributed by atoms with E-state index in [2.05, 4.69) is 10.3 Å². The van der Waals surface area contributed by atoms with Crippen LogP contribution < -0.4 is 5.32 Å². The highest BCUT2D eigenvalue weighted by Crippen LogP contribution is 2.37. The van der Waals surface area contributed by atoms with Crippen molar-refractivity contribution in [3.63, 3.8) is 0 Å². The molecule has 17 heavy (non-hydrogen) atoms. The van der Waals surface area contributed by atoms with Crippen molar-refractivity contribution < 1.29 is 9.59 Å². The highest BCUT2D eigenvalue weighted by atomic mass is 32.1. The van der Waals surface area contributed by atoms with Crippen LogP contribution in [0.2, 0.25) is 0 Å². The van der Waals surface area contributed by atoms with Gasteiger partial charge in [-0.05, 0) is 12.8 Å². The second kappa shape index (κ2) is 4.56. The Morgan fingerprint density at radius 1 is 1.47 bits per heavy atom. The number of aromatic nitrogens is 1. The third kappa shape index (κ3) is 2.39. The molecule has 0 saturated carbocycles. The molecule has 2 atom stereocenters. The Morgan fingerprint density at radius 3 is 2.71 bits per heavy atom. The van der Waals surface area contributed by atoms with Gasteiger partial charge in [-0.1, -0.05) is 13.8 Å². The number of imide groups is 1. The van der Waals surface area contributed by atoms with E-state index in [4.69, 9.17) is 0 Å². The van der Waals surface area contributed by atoms with E-state index < -0.39 is 0 Å². The summed E-state index contributed by atoms with van der Waals surface area (Å²) in [5.41, 5.74) is 0.950. The molecule has 1 fully saturated rings. The molecule has 0 bridgehead atoms. The van der Waals surface area contributed by atoms with E-state index in [9.17, 15) is 9.59 Å². The molecule has 1 N–H and O–H groups in total. The van der Waals surface area contributed by atoms with Gasteiger partial charge in [0.25, 0.3) is 0 Å². The minimum atomic E-state index is -0.190. The topological polar surface area (TPSA) is 59.1 Å². The highest BCUT2D eigenvalue weighted by molar-refractivity contribution is 7.09. The van der Waals surface area contributed by atoms with E-state index in [1.165, 1.54) is 11.3 Å². The predicted molar refractivity (Wildman–Crippen MR) is 65.7 cm³/mol. The summed E-state index contributed by atoms with van der Waals surface area (Å²) >= 11 is 1.54. The molecule has 0 aliphatic carbocycles. The molecule has 1 aromatic rings. The minimum Gasteiger partial charge on any atom is -0.296 e. The summed E-state index contributed by atoms with van der Waals surface area (Å²) in [6.45, 7) is 5.94. The number of carbonyl (C=O) groups is 2. The molecule has 0 radical (unpaired) electrons. The van der Waals surface area contributed by atoms with E-state index in [0.29, 0.717) is 6.42 Å². The molecule has 92 valence electrons. The normalized spacial score (nSPS) is 25.2. The monoisotopic (exact) mass is 252 g/mol. The lowest BCUT2D eigenvalue weighted by molar-refractivity contribution is -0.138. The summed E-state index contributed by atoms with van der Waals surface area (Å²) in [4.78, 5) is 27.8. The summed E-state index contributed by atoms with van der Waals surface area (Å²) in [6, 6.07) is 0. The Bertz CT molecular complexity index is 453. The lowest BCUT2D eigenvalue weighted by Crippen LogP contribution is -2.46. The highest BCUT2D eigenvalue weighted by Gasteiger charge is 2.39. The second-order valence-electron chi connectivity index (χ2n) is 4.82.